The number of Topliss-reactive ketones (excluding diaryl/α,β-unsaturated/α-hetero) is 1. The number of hydrogen-bond acceptors (Lipinski definition) is 5. The van der Waals surface area contributed by atoms with Gasteiger partial charge in [-0.05, 0) is 54.4 Å². The van der Waals surface area contributed by atoms with Gasteiger partial charge in [0, 0.05) is 17.5 Å². The third-order valence-electron chi connectivity index (χ3n) is 6.76. The molecule has 0 aliphatic heterocycles. The highest BCUT2D eigenvalue weighted by Crippen LogP contribution is 2.57. The molecule has 2 unspecified atom stereocenters. The molecule has 2 atom stereocenters. The molecule has 6 nitrogen and oxygen atoms in total. The number of ether oxygens (including phenoxy) is 3. The van der Waals surface area contributed by atoms with Gasteiger partial charge in [-0.2, -0.15) is 0 Å². The maximum Gasteiger partial charge on any atom is 0.313 e. The van der Waals surface area contributed by atoms with E-state index in [9.17, 15) is 14.7 Å². The van der Waals surface area contributed by atoms with Gasteiger partial charge in [0.15, 0.2) is 17.3 Å². The standard InChI is InChI=1S/C26H30O6/c1-15(2)12-16-13-26(16,25(28)29)14-32-23-20(9-11-22(30-3)24(23)31-4)17-6-5-7-19-18(17)8-10-21(19)27/h5-7,9,11,15-16H,8,10,12-14H2,1-4H3,(H,28,29). The Kier molecular flexibility index (Phi) is 5.89. The van der Waals surface area contributed by atoms with Crippen molar-refractivity contribution in [2.75, 3.05) is 20.8 Å². The van der Waals surface area contributed by atoms with Crippen LogP contribution in [0.5, 0.6) is 17.2 Å². The van der Waals surface area contributed by atoms with Crippen molar-refractivity contribution in [1.29, 1.82) is 0 Å². The van der Waals surface area contributed by atoms with Gasteiger partial charge in [0.05, 0.1) is 14.2 Å². The van der Waals surface area contributed by atoms with Crippen LogP contribution >= 0.6 is 0 Å². The van der Waals surface area contributed by atoms with Crippen LogP contribution in [0.1, 0.15) is 49.0 Å². The molecule has 0 bridgehead atoms. The summed E-state index contributed by atoms with van der Waals surface area (Å²) in [6, 6.07) is 9.40. The fourth-order valence-electron chi connectivity index (χ4n) is 4.96. The number of carbonyl (C=O) groups excluding carboxylic acids is 1. The van der Waals surface area contributed by atoms with Crippen LogP contribution in [0.4, 0.5) is 0 Å². The molecule has 2 aromatic rings. The second-order valence-electron chi connectivity index (χ2n) is 9.21. The van der Waals surface area contributed by atoms with E-state index in [1.165, 1.54) is 0 Å². The van der Waals surface area contributed by atoms with Crippen LogP contribution in [0.2, 0.25) is 0 Å². The van der Waals surface area contributed by atoms with Crippen molar-refractivity contribution >= 4 is 11.8 Å². The maximum absolute atomic E-state index is 12.3. The van der Waals surface area contributed by atoms with E-state index in [2.05, 4.69) is 13.8 Å². The third-order valence-corrected chi connectivity index (χ3v) is 6.76. The Balaban J connectivity index is 1.75. The Morgan fingerprint density at radius 2 is 1.81 bits per heavy atom. The predicted molar refractivity (Wildman–Crippen MR) is 121 cm³/mol. The van der Waals surface area contributed by atoms with Gasteiger partial charge in [0.1, 0.15) is 12.0 Å². The zero-order valence-electron chi connectivity index (χ0n) is 19.1. The summed E-state index contributed by atoms with van der Waals surface area (Å²) in [5.41, 5.74) is 2.53. The van der Waals surface area contributed by atoms with Gasteiger partial charge in [0.25, 0.3) is 0 Å². The molecular formula is C26H30O6. The van der Waals surface area contributed by atoms with Crippen LogP contribution in [0.25, 0.3) is 11.1 Å². The van der Waals surface area contributed by atoms with Crippen molar-refractivity contribution < 1.29 is 28.9 Å². The Hall–Kier alpha value is -3.02. The average molecular weight is 439 g/mol. The maximum atomic E-state index is 12.3. The first kappa shape index (κ1) is 22.2. The lowest BCUT2D eigenvalue weighted by Gasteiger charge is -2.21. The molecule has 1 saturated carbocycles. The number of aliphatic carboxylic acids is 1. The van der Waals surface area contributed by atoms with Crippen LogP contribution in [0.3, 0.4) is 0 Å². The number of hydrogen-bond donors (Lipinski definition) is 1. The second kappa shape index (κ2) is 8.49. The van der Waals surface area contributed by atoms with E-state index in [-0.39, 0.29) is 18.3 Å². The Labute approximate surface area is 188 Å². The lowest BCUT2D eigenvalue weighted by Crippen LogP contribution is -2.26. The van der Waals surface area contributed by atoms with E-state index in [1.54, 1.807) is 14.2 Å². The summed E-state index contributed by atoms with van der Waals surface area (Å²) in [6.07, 6.45) is 2.63. The fourth-order valence-corrected chi connectivity index (χ4v) is 4.96. The van der Waals surface area contributed by atoms with Crippen molar-refractivity contribution in [3.05, 3.63) is 41.5 Å². The SMILES string of the molecule is COc1ccc(-c2cccc3c2CCC3=O)c(OCC2(C(=O)O)CC2CC(C)C)c1OC. The Bertz CT molecular complexity index is 1060. The molecule has 2 aliphatic rings. The highest BCUT2D eigenvalue weighted by molar-refractivity contribution is 6.02. The number of ketones is 1. The molecule has 0 spiro atoms. The van der Waals surface area contributed by atoms with E-state index >= 15 is 0 Å². The molecule has 1 N–H and O–H groups in total. The van der Waals surface area contributed by atoms with Gasteiger partial charge in [-0.25, -0.2) is 0 Å². The summed E-state index contributed by atoms with van der Waals surface area (Å²) in [5.74, 6) is 1.23. The van der Waals surface area contributed by atoms with Gasteiger partial charge in [-0.1, -0.05) is 32.0 Å². The fraction of sp³-hybridized carbons (Fsp3) is 0.462. The van der Waals surface area contributed by atoms with Crippen LogP contribution in [0.15, 0.2) is 30.3 Å². The smallest absolute Gasteiger partial charge is 0.313 e. The first-order valence-electron chi connectivity index (χ1n) is 11.1. The Morgan fingerprint density at radius 3 is 2.47 bits per heavy atom. The van der Waals surface area contributed by atoms with E-state index in [0.717, 1.165) is 28.7 Å². The van der Waals surface area contributed by atoms with Crippen molar-refractivity contribution in [3.63, 3.8) is 0 Å². The van der Waals surface area contributed by atoms with Crippen molar-refractivity contribution in [3.8, 4) is 28.4 Å². The molecule has 0 saturated heterocycles. The lowest BCUT2D eigenvalue weighted by atomic mass is 9.95. The molecule has 2 aromatic carbocycles. The van der Waals surface area contributed by atoms with E-state index in [0.29, 0.717) is 42.4 Å². The number of fused-ring (bicyclic) bond motifs is 1. The average Bonchev–Trinajstić information content (AvgIpc) is 3.34. The summed E-state index contributed by atoms with van der Waals surface area (Å²) in [4.78, 5) is 24.4. The topological polar surface area (TPSA) is 82.1 Å². The minimum absolute atomic E-state index is 0.0597. The second-order valence-corrected chi connectivity index (χ2v) is 9.21. The molecule has 0 aromatic heterocycles. The van der Waals surface area contributed by atoms with Gasteiger partial charge in [0.2, 0.25) is 5.75 Å². The van der Waals surface area contributed by atoms with Crippen LogP contribution < -0.4 is 14.2 Å². The number of benzene rings is 2. The van der Waals surface area contributed by atoms with Gasteiger partial charge in [-0.15, -0.1) is 0 Å². The molecule has 6 heteroatoms. The lowest BCUT2D eigenvalue weighted by molar-refractivity contribution is -0.145. The zero-order chi connectivity index (χ0) is 23.0. The first-order valence-corrected chi connectivity index (χ1v) is 11.1. The largest absolute Gasteiger partial charge is 0.493 e. The minimum atomic E-state index is -0.885. The van der Waals surface area contributed by atoms with E-state index in [1.807, 2.05) is 30.3 Å². The number of methoxy groups -OCH3 is 2. The molecule has 0 heterocycles. The number of carbonyl (C=O) groups is 2. The Morgan fingerprint density at radius 1 is 1.06 bits per heavy atom. The van der Waals surface area contributed by atoms with Crippen LogP contribution in [-0.2, 0) is 11.2 Å². The molecule has 0 amide bonds. The van der Waals surface area contributed by atoms with Crippen molar-refractivity contribution in [2.45, 2.75) is 39.5 Å². The molecule has 1 fully saturated rings. The quantitative estimate of drug-likeness (QED) is 0.592. The molecule has 4 rings (SSSR count). The monoisotopic (exact) mass is 438 g/mol. The number of carboxylic acids is 1. The summed E-state index contributed by atoms with van der Waals surface area (Å²) >= 11 is 0. The highest BCUT2D eigenvalue weighted by atomic mass is 16.5. The van der Waals surface area contributed by atoms with E-state index < -0.39 is 11.4 Å². The molecule has 32 heavy (non-hydrogen) atoms. The van der Waals surface area contributed by atoms with Crippen LogP contribution in [0, 0.1) is 17.3 Å². The van der Waals surface area contributed by atoms with Crippen molar-refractivity contribution in [2.24, 2.45) is 17.3 Å². The minimum Gasteiger partial charge on any atom is -0.493 e. The van der Waals surface area contributed by atoms with Crippen LogP contribution in [-0.4, -0.2) is 37.7 Å². The molecule has 2 aliphatic carbocycles. The molecule has 0 radical (unpaired) electrons. The highest BCUT2D eigenvalue weighted by Gasteiger charge is 2.61. The number of rotatable bonds is 9. The van der Waals surface area contributed by atoms with Gasteiger partial charge in [-0.3, -0.25) is 9.59 Å². The summed E-state index contributed by atoms with van der Waals surface area (Å²) in [7, 11) is 3.09. The van der Waals surface area contributed by atoms with Crippen molar-refractivity contribution in [1.82, 2.24) is 0 Å². The molecule has 170 valence electrons. The van der Waals surface area contributed by atoms with Gasteiger partial charge >= 0.3 is 5.97 Å². The third kappa shape index (κ3) is 3.72. The summed E-state index contributed by atoms with van der Waals surface area (Å²) in [5, 5.41) is 9.96. The first-order chi connectivity index (χ1) is 15.3. The molecular weight excluding hydrogens is 408 g/mol. The summed E-state index contributed by atoms with van der Waals surface area (Å²) in [6.45, 7) is 4.27. The van der Waals surface area contributed by atoms with Gasteiger partial charge < -0.3 is 19.3 Å². The zero-order valence-corrected chi connectivity index (χ0v) is 19.1. The predicted octanol–water partition coefficient (Wildman–Crippen LogP) is 5.02. The number of carboxylic acid groups (broad SMARTS) is 1. The normalized spacial score (nSPS) is 21.4. The van der Waals surface area contributed by atoms with E-state index in [4.69, 9.17) is 14.2 Å². The summed E-state index contributed by atoms with van der Waals surface area (Å²) < 4.78 is 17.4.